The van der Waals surface area contributed by atoms with E-state index in [1.165, 1.54) is 6.20 Å². The zero-order valence-corrected chi connectivity index (χ0v) is 11.4. The molecule has 5 heteroatoms. The van der Waals surface area contributed by atoms with E-state index >= 15 is 0 Å². The third kappa shape index (κ3) is 4.64. The van der Waals surface area contributed by atoms with Crippen molar-refractivity contribution in [1.82, 2.24) is 15.3 Å². The van der Waals surface area contributed by atoms with Gasteiger partial charge in [-0.15, -0.1) is 0 Å². The van der Waals surface area contributed by atoms with Gasteiger partial charge in [0.1, 0.15) is 11.5 Å². The number of nitrogens with zero attached hydrogens (tertiary/aromatic N) is 2. The van der Waals surface area contributed by atoms with Crippen LogP contribution in [-0.2, 0) is 13.0 Å². The number of nitrogens with one attached hydrogen (secondary N) is 1. The van der Waals surface area contributed by atoms with Crippen molar-refractivity contribution < 1.29 is 8.78 Å². The highest BCUT2D eigenvalue weighted by Crippen LogP contribution is 2.21. The summed E-state index contributed by atoms with van der Waals surface area (Å²) in [5, 5.41) is 3.17. The van der Waals surface area contributed by atoms with E-state index in [9.17, 15) is 8.78 Å². The van der Waals surface area contributed by atoms with Gasteiger partial charge in [0.2, 0.25) is 0 Å². The predicted molar refractivity (Wildman–Crippen MR) is 67.6 cm³/mol. The highest BCUT2D eigenvalue weighted by atomic mass is 19.3. The van der Waals surface area contributed by atoms with Crippen molar-refractivity contribution in [3.05, 3.63) is 23.3 Å². The van der Waals surface area contributed by atoms with Crippen molar-refractivity contribution >= 4 is 0 Å². The monoisotopic (exact) mass is 257 g/mol. The second kappa shape index (κ2) is 6.18. The lowest BCUT2D eigenvalue weighted by Gasteiger charge is -2.21. The van der Waals surface area contributed by atoms with Gasteiger partial charge in [-0.2, -0.15) is 0 Å². The maximum absolute atomic E-state index is 12.9. The summed E-state index contributed by atoms with van der Waals surface area (Å²) in [6.45, 7) is 8.29. The molecule has 0 bridgehead atoms. The van der Waals surface area contributed by atoms with Crippen molar-refractivity contribution in [2.75, 3.05) is 0 Å². The van der Waals surface area contributed by atoms with E-state index in [0.29, 0.717) is 24.4 Å². The summed E-state index contributed by atoms with van der Waals surface area (Å²) in [4.78, 5) is 8.09. The van der Waals surface area contributed by atoms with E-state index < -0.39 is 6.43 Å². The van der Waals surface area contributed by atoms with Crippen molar-refractivity contribution in [2.45, 2.75) is 59.0 Å². The van der Waals surface area contributed by atoms with E-state index in [1.54, 1.807) is 0 Å². The first-order valence-corrected chi connectivity index (χ1v) is 6.21. The third-order valence-corrected chi connectivity index (χ3v) is 2.44. The van der Waals surface area contributed by atoms with Gasteiger partial charge in [0.05, 0.1) is 0 Å². The number of hydrogen-bond acceptors (Lipinski definition) is 3. The zero-order valence-electron chi connectivity index (χ0n) is 11.4. The van der Waals surface area contributed by atoms with Gasteiger partial charge in [0.25, 0.3) is 6.43 Å². The van der Waals surface area contributed by atoms with E-state index in [2.05, 4.69) is 15.3 Å². The minimum Gasteiger partial charge on any atom is -0.308 e. The lowest BCUT2D eigenvalue weighted by atomic mass is 10.1. The second-order valence-corrected chi connectivity index (χ2v) is 5.35. The molecule has 1 aromatic rings. The molecule has 18 heavy (non-hydrogen) atoms. The molecule has 3 nitrogen and oxygen atoms in total. The summed E-state index contributed by atoms with van der Waals surface area (Å²) in [5.74, 6) is 0.493. The Balaban J connectivity index is 2.90. The molecule has 0 spiro atoms. The van der Waals surface area contributed by atoms with Crippen LogP contribution in [0.25, 0.3) is 0 Å². The van der Waals surface area contributed by atoms with Crippen molar-refractivity contribution in [3.8, 4) is 0 Å². The predicted octanol–water partition coefficient (Wildman–Crippen LogP) is 3.25. The Morgan fingerprint density at radius 1 is 1.33 bits per heavy atom. The molecule has 0 atom stereocenters. The minimum atomic E-state index is -2.56. The van der Waals surface area contributed by atoms with E-state index in [0.717, 1.165) is 6.42 Å². The van der Waals surface area contributed by atoms with Gasteiger partial charge in [-0.05, 0) is 27.2 Å². The van der Waals surface area contributed by atoms with Crippen LogP contribution in [0.15, 0.2) is 6.20 Å². The first kappa shape index (κ1) is 15.0. The van der Waals surface area contributed by atoms with Crippen LogP contribution in [0.2, 0.25) is 0 Å². The molecular formula is C13H21F2N3. The average Bonchev–Trinajstić information content (AvgIpc) is 2.26. The molecule has 0 fully saturated rings. The van der Waals surface area contributed by atoms with Crippen LogP contribution >= 0.6 is 0 Å². The Labute approximate surface area is 107 Å². The Bertz CT molecular complexity index is 386. The van der Waals surface area contributed by atoms with Crippen molar-refractivity contribution in [1.29, 1.82) is 0 Å². The van der Waals surface area contributed by atoms with Crippen LogP contribution in [0.4, 0.5) is 8.78 Å². The van der Waals surface area contributed by atoms with Crippen LogP contribution in [0.3, 0.4) is 0 Å². The Morgan fingerprint density at radius 3 is 2.50 bits per heavy atom. The smallest absolute Gasteiger partial charge is 0.280 e. The Kier molecular flexibility index (Phi) is 5.14. The lowest BCUT2D eigenvalue weighted by molar-refractivity contribution is 0.143. The van der Waals surface area contributed by atoms with Gasteiger partial charge in [-0.1, -0.05) is 6.92 Å². The first-order chi connectivity index (χ1) is 8.33. The number of aryl methyl sites for hydroxylation is 1. The fraction of sp³-hybridized carbons (Fsp3) is 0.692. The van der Waals surface area contributed by atoms with E-state index in [1.807, 2.05) is 27.7 Å². The SMILES string of the molecule is CCCc1ncc(CNC(C)(C)C)c(C(F)F)n1. The first-order valence-electron chi connectivity index (χ1n) is 6.21. The highest BCUT2D eigenvalue weighted by Gasteiger charge is 2.18. The molecule has 0 saturated heterocycles. The van der Waals surface area contributed by atoms with Gasteiger partial charge in [0, 0.05) is 30.3 Å². The number of rotatable bonds is 5. The number of hydrogen-bond donors (Lipinski definition) is 1. The van der Waals surface area contributed by atoms with Crippen LogP contribution in [-0.4, -0.2) is 15.5 Å². The van der Waals surface area contributed by atoms with Gasteiger partial charge in [-0.25, -0.2) is 18.7 Å². The Hall–Kier alpha value is -1.10. The van der Waals surface area contributed by atoms with Crippen LogP contribution < -0.4 is 5.32 Å². The summed E-state index contributed by atoms with van der Waals surface area (Å²) in [5.41, 5.74) is 0.201. The maximum atomic E-state index is 12.9. The molecule has 0 aliphatic heterocycles. The molecule has 1 aromatic heterocycles. The summed E-state index contributed by atoms with van der Waals surface area (Å²) < 4.78 is 25.9. The van der Waals surface area contributed by atoms with Crippen molar-refractivity contribution in [3.63, 3.8) is 0 Å². The van der Waals surface area contributed by atoms with Gasteiger partial charge in [0.15, 0.2) is 0 Å². The quantitative estimate of drug-likeness (QED) is 0.879. The fourth-order valence-electron chi connectivity index (χ4n) is 1.49. The molecule has 1 rings (SSSR count). The molecule has 0 radical (unpaired) electrons. The summed E-state index contributed by atoms with van der Waals surface area (Å²) >= 11 is 0. The van der Waals surface area contributed by atoms with E-state index in [-0.39, 0.29) is 11.2 Å². The molecule has 0 aliphatic carbocycles. The normalized spacial score (nSPS) is 12.2. The number of alkyl halides is 2. The summed E-state index contributed by atoms with van der Waals surface area (Å²) in [7, 11) is 0. The van der Waals surface area contributed by atoms with Crippen LogP contribution in [0.5, 0.6) is 0 Å². The van der Waals surface area contributed by atoms with Crippen LogP contribution in [0, 0.1) is 0 Å². The highest BCUT2D eigenvalue weighted by molar-refractivity contribution is 5.19. The lowest BCUT2D eigenvalue weighted by Crippen LogP contribution is -2.35. The van der Waals surface area contributed by atoms with Crippen molar-refractivity contribution in [2.24, 2.45) is 0 Å². The topological polar surface area (TPSA) is 37.8 Å². The molecule has 0 unspecified atom stereocenters. The molecule has 102 valence electrons. The Morgan fingerprint density at radius 2 is 2.00 bits per heavy atom. The minimum absolute atomic E-state index is 0.124. The number of halogens is 2. The van der Waals surface area contributed by atoms with Gasteiger partial charge < -0.3 is 5.32 Å². The zero-order chi connectivity index (χ0) is 13.8. The maximum Gasteiger partial charge on any atom is 0.280 e. The fourth-order valence-corrected chi connectivity index (χ4v) is 1.49. The number of aromatic nitrogens is 2. The van der Waals surface area contributed by atoms with Crippen LogP contribution in [0.1, 0.15) is 57.6 Å². The molecular weight excluding hydrogens is 236 g/mol. The molecule has 1 heterocycles. The molecule has 0 aromatic carbocycles. The summed E-state index contributed by atoms with van der Waals surface area (Å²) in [6.07, 6.45) is 0.438. The van der Waals surface area contributed by atoms with Gasteiger partial charge >= 0.3 is 0 Å². The second-order valence-electron chi connectivity index (χ2n) is 5.35. The molecule has 1 N–H and O–H groups in total. The third-order valence-electron chi connectivity index (χ3n) is 2.44. The standard InChI is InChI=1S/C13H21F2N3/c1-5-6-10-16-7-9(8-17-13(2,3)4)11(18-10)12(14)15/h7,12,17H,5-6,8H2,1-4H3. The average molecular weight is 257 g/mol. The largest absolute Gasteiger partial charge is 0.308 e. The van der Waals surface area contributed by atoms with Gasteiger partial charge in [-0.3, -0.25) is 0 Å². The molecule has 0 saturated carbocycles. The molecule has 0 amide bonds. The summed E-state index contributed by atoms with van der Waals surface area (Å²) in [6, 6.07) is 0. The molecule has 0 aliphatic rings. The van der Waals surface area contributed by atoms with E-state index in [4.69, 9.17) is 0 Å².